The Morgan fingerprint density at radius 1 is 1.20 bits per heavy atom. The molecule has 1 aliphatic carbocycles. The number of rotatable bonds is 4. The second-order valence-electron chi connectivity index (χ2n) is 5.63. The van der Waals surface area contributed by atoms with Crippen molar-refractivity contribution in [3.63, 3.8) is 0 Å². The van der Waals surface area contributed by atoms with Crippen LogP contribution < -0.4 is 5.32 Å². The van der Waals surface area contributed by atoms with Crippen LogP contribution in [-0.4, -0.2) is 18.1 Å². The van der Waals surface area contributed by atoms with Gasteiger partial charge >= 0.3 is 0 Å². The summed E-state index contributed by atoms with van der Waals surface area (Å²) in [5.74, 6) is 0.533. The van der Waals surface area contributed by atoms with E-state index in [1.54, 1.807) is 0 Å². The first kappa shape index (κ1) is 13.3. The molecule has 20 heavy (non-hydrogen) atoms. The van der Waals surface area contributed by atoms with Crippen molar-refractivity contribution >= 4 is 0 Å². The average Bonchev–Trinajstić information content (AvgIpc) is 2.53. The van der Waals surface area contributed by atoms with Crippen molar-refractivity contribution < 1.29 is 0 Å². The van der Waals surface area contributed by atoms with Gasteiger partial charge in [-0.15, -0.1) is 0 Å². The Bertz CT molecular complexity index is 550. The van der Waals surface area contributed by atoms with Crippen molar-refractivity contribution in [2.75, 3.05) is 7.05 Å². The van der Waals surface area contributed by atoms with Gasteiger partial charge in [0, 0.05) is 23.9 Å². The van der Waals surface area contributed by atoms with Crippen LogP contribution in [-0.2, 0) is 12.8 Å². The highest BCUT2D eigenvalue weighted by Gasteiger charge is 2.28. The number of nitrogens with zero attached hydrogens (tertiary/aromatic N) is 1. The number of aryl methyl sites for hydroxylation is 1. The molecule has 1 aromatic heterocycles. The van der Waals surface area contributed by atoms with E-state index in [9.17, 15) is 0 Å². The molecule has 0 spiro atoms. The number of hydrogen-bond acceptors (Lipinski definition) is 2. The highest BCUT2D eigenvalue weighted by molar-refractivity contribution is 5.28. The SMILES string of the molecule is CNC(Cc1ccccc1)C1CCCc2cccnc21. The highest BCUT2D eigenvalue weighted by Crippen LogP contribution is 2.33. The van der Waals surface area contributed by atoms with Crippen LogP contribution in [0.4, 0.5) is 0 Å². The van der Waals surface area contributed by atoms with Gasteiger partial charge in [0.05, 0.1) is 0 Å². The standard InChI is InChI=1S/C18H22N2/c1-19-17(13-14-7-3-2-4-8-14)16-11-5-9-15-10-6-12-20-18(15)16/h2-4,6-8,10,12,16-17,19H,5,9,11,13H2,1H3. The van der Waals surface area contributed by atoms with Gasteiger partial charge < -0.3 is 5.32 Å². The molecule has 1 N–H and O–H groups in total. The van der Waals surface area contributed by atoms with Crippen LogP contribution in [0.2, 0.25) is 0 Å². The van der Waals surface area contributed by atoms with Gasteiger partial charge in [-0.3, -0.25) is 4.98 Å². The first-order valence-electron chi connectivity index (χ1n) is 7.53. The molecule has 104 valence electrons. The van der Waals surface area contributed by atoms with E-state index in [0.29, 0.717) is 12.0 Å². The fraction of sp³-hybridized carbons (Fsp3) is 0.389. The van der Waals surface area contributed by atoms with Crippen LogP contribution in [0.5, 0.6) is 0 Å². The topological polar surface area (TPSA) is 24.9 Å². The lowest BCUT2D eigenvalue weighted by Gasteiger charge is -2.31. The predicted molar refractivity (Wildman–Crippen MR) is 82.9 cm³/mol. The number of pyridine rings is 1. The zero-order valence-electron chi connectivity index (χ0n) is 12.0. The van der Waals surface area contributed by atoms with Crippen LogP contribution in [0.25, 0.3) is 0 Å². The highest BCUT2D eigenvalue weighted by atomic mass is 14.9. The summed E-state index contributed by atoms with van der Waals surface area (Å²) in [4.78, 5) is 4.67. The van der Waals surface area contributed by atoms with E-state index in [-0.39, 0.29) is 0 Å². The molecule has 0 saturated carbocycles. The van der Waals surface area contributed by atoms with E-state index >= 15 is 0 Å². The molecule has 1 heterocycles. The van der Waals surface area contributed by atoms with Gasteiger partial charge in [-0.1, -0.05) is 36.4 Å². The molecule has 2 nitrogen and oxygen atoms in total. The van der Waals surface area contributed by atoms with Crippen LogP contribution in [0.15, 0.2) is 48.7 Å². The lowest BCUT2D eigenvalue weighted by molar-refractivity contribution is 0.403. The first-order valence-corrected chi connectivity index (χ1v) is 7.53. The van der Waals surface area contributed by atoms with Crippen molar-refractivity contribution in [2.45, 2.75) is 37.6 Å². The van der Waals surface area contributed by atoms with Gasteiger partial charge in [0.15, 0.2) is 0 Å². The quantitative estimate of drug-likeness (QED) is 0.918. The van der Waals surface area contributed by atoms with Crippen molar-refractivity contribution in [1.29, 1.82) is 0 Å². The molecule has 0 fully saturated rings. The van der Waals surface area contributed by atoms with Gasteiger partial charge in [-0.05, 0) is 49.9 Å². The maximum absolute atomic E-state index is 4.67. The molecule has 0 aliphatic heterocycles. The maximum Gasteiger partial charge on any atom is 0.0482 e. The van der Waals surface area contributed by atoms with E-state index in [1.807, 2.05) is 6.20 Å². The average molecular weight is 266 g/mol. The van der Waals surface area contributed by atoms with E-state index < -0.39 is 0 Å². The lowest BCUT2D eigenvalue weighted by Crippen LogP contribution is -2.36. The van der Waals surface area contributed by atoms with Crippen LogP contribution in [0.3, 0.4) is 0 Å². The van der Waals surface area contributed by atoms with Crippen molar-refractivity contribution in [3.8, 4) is 0 Å². The summed E-state index contributed by atoms with van der Waals surface area (Å²) in [7, 11) is 2.07. The van der Waals surface area contributed by atoms with E-state index in [2.05, 4.69) is 59.8 Å². The van der Waals surface area contributed by atoms with Gasteiger partial charge in [0.1, 0.15) is 0 Å². The van der Waals surface area contributed by atoms with E-state index in [0.717, 1.165) is 6.42 Å². The zero-order valence-corrected chi connectivity index (χ0v) is 12.0. The van der Waals surface area contributed by atoms with Crippen LogP contribution in [0.1, 0.15) is 35.6 Å². The smallest absolute Gasteiger partial charge is 0.0482 e. The van der Waals surface area contributed by atoms with Gasteiger partial charge in [0.2, 0.25) is 0 Å². The second-order valence-corrected chi connectivity index (χ2v) is 5.63. The Labute approximate surface area is 121 Å². The third-order valence-electron chi connectivity index (χ3n) is 4.39. The summed E-state index contributed by atoms with van der Waals surface area (Å²) in [5, 5.41) is 3.52. The third kappa shape index (κ3) is 2.75. The molecule has 0 bridgehead atoms. The third-order valence-corrected chi connectivity index (χ3v) is 4.39. The number of aromatic nitrogens is 1. The Balaban J connectivity index is 1.84. The fourth-order valence-corrected chi connectivity index (χ4v) is 3.35. The second kappa shape index (κ2) is 6.19. The van der Waals surface area contributed by atoms with E-state index in [1.165, 1.54) is 36.1 Å². The Morgan fingerprint density at radius 2 is 2.05 bits per heavy atom. The minimum Gasteiger partial charge on any atom is -0.316 e. The van der Waals surface area contributed by atoms with Crippen molar-refractivity contribution in [3.05, 3.63) is 65.5 Å². The van der Waals surface area contributed by atoms with Crippen molar-refractivity contribution in [1.82, 2.24) is 10.3 Å². The summed E-state index contributed by atoms with van der Waals surface area (Å²) in [6, 6.07) is 15.5. The number of likely N-dealkylation sites (N-methyl/N-ethyl adjacent to an activating group) is 1. The Kier molecular flexibility index (Phi) is 4.12. The molecule has 2 atom stereocenters. The summed E-state index contributed by atoms with van der Waals surface area (Å²) in [5.41, 5.74) is 4.15. The monoisotopic (exact) mass is 266 g/mol. The lowest BCUT2D eigenvalue weighted by atomic mass is 9.80. The summed E-state index contributed by atoms with van der Waals surface area (Å²) in [6.45, 7) is 0. The summed E-state index contributed by atoms with van der Waals surface area (Å²) >= 11 is 0. The molecule has 2 aromatic rings. The van der Waals surface area contributed by atoms with Gasteiger partial charge in [-0.25, -0.2) is 0 Å². The maximum atomic E-state index is 4.67. The minimum atomic E-state index is 0.464. The molecule has 2 unspecified atom stereocenters. The number of nitrogens with one attached hydrogen (secondary N) is 1. The molecule has 1 aromatic carbocycles. The molecule has 0 radical (unpaired) electrons. The largest absolute Gasteiger partial charge is 0.316 e. The molecule has 2 heteroatoms. The number of fused-ring (bicyclic) bond motifs is 1. The van der Waals surface area contributed by atoms with Crippen LogP contribution >= 0.6 is 0 Å². The Hall–Kier alpha value is -1.67. The number of benzene rings is 1. The normalized spacial score (nSPS) is 19.4. The molecular weight excluding hydrogens is 244 g/mol. The van der Waals surface area contributed by atoms with Gasteiger partial charge in [0.25, 0.3) is 0 Å². The Morgan fingerprint density at radius 3 is 2.85 bits per heavy atom. The van der Waals surface area contributed by atoms with Crippen molar-refractivity contribution in [2.24, 2.45) is 0 Å². The molecule has 1 aliphatic rings. The summed E-state index contributed by atoms with van der Waals surface area (Å²) < 4.78 is 0. The van der Waals surface area contributed by atoms with Crippen LogP contribution in [0, 0.1) is 0 Å². The van der Waals surface area contributed by atoms with E-state index in [4.69, 9.17) is 0 Å². The number of hydrogen-bond donors (Lipinski definition) is 1. The predicted octanol–water partition coefficient (Wildman–Crippen LogP) is 3.33. The molecular formula is C18H22N2. The zero-order chi connectivity index (χ0) is 13.8. The first-order chi connectivity index (χ1) is 9.88. The summed E-state index contributed by atoms with van der Waals surface area (Å²) in [6.07, 6.45) is 6.70. The van der Waals surface area contributed by atoms with Gasteiger partial charge in [-0.2, -0.15) is 0 Å². The fourth-order valence-electron chi connectivity index (χ4n) is 3.35. The molecule has 3 rings (SSSR count). The molecule has 0 amide bonds. The molecule has 0 saturated heterocycles. The minimum absolute atomic E-state index is 0.464.